The minimum atomic E-state index is -1.85. The number of Topliss-reactive ketones (excluding diaryl/α,β-unsaturated/α-hetero) is 1. The standard InChI is InChI=1S/C8H12O5/c1-3-5(6(9)7(10)11)8(12)13-4-2/h5H,3-4H2,1-2H3,(H,10,11)/p-1. The molecular formula is C8H11O5-. The largest absolute Gasteiger partial charge is 0.542 e. The molecule has 0 amide bonds. The number of ketones is 1. The minimum absolute atomic E-state index is 0.103. The van der Waals surface area contributed by atoms with E-state index in [2.05, 4.69) is 4.74 Å². The number of carbonyl (C=O) groups is 3. The first-order valence-corrected chi connectivity index (χ1v) is 3.96. The number of aliphatic carboxylic acids is 1. The number of esters is 1. The number of rotatable bonds is 5. The Kier molecular flexibility index (Phi) is 4.72. The van der Waals surface area contributed by atoms with Gasteiger partial charge in [0.2, 0.25) is 0 Å². The highest BCUT2D eigenvalue weighted by molar-refractivity contribution is 6.36. The fourth-order valence-electron chi connectivity index (χ4n) is 0.844. The zero-order chi connectivity index (χ0) is 10.4. The maximum absolute atomic E-state index is 11.0. The van der Waals surface area contributed by atoms with Crippen LogP contribution in [0.2, 0.25) is 0 Å². The number of carboxylic acid groups (broad SMARTS) is 1. The van der Waals surface area contributed by atoms with Crippen LogP contribution >= 0.6 is 0 Å². The normalized spacial score (nSPS) is 11.8. The van der Waals surface area contributed by atoms with Gasteiger partial charge in [0.05, 0.1) is 6.61 Å². The second-order valence-electron chi connectivity index (χ2n) is 2.36. The summed E-state index contributed by atoms with van der Waals surface area (Å²) in [5, 5.41) is 10.1. The molecule has 0 heterocycles. The molecule has 0 spiro atoms. The molecule has 13 heavy (non-hydrogen) atoms. The molecule has 1 atom stereocenters. The zero-order valence-electron chi connectivity index (χ0n) is 7.53. The monoisotopic (exact) mass is 187 g/mol. The van der Waals surface area contributed by atoms with E-state index in [4.69, 9.17) is 0 Å². The van der Waals surface area contributed by atoms with E-state index in [1.165, 1.54) is 6.92 Å². The van der Waals surface area contributed by atoms with Gasteiger partial charge in [-0.15, -0.1) is 0 Å². The molecular weight excluding hydrogens is 176 g/mol. The summed E-state index contributed by atoms with van der Waals surface area (Å²) in [5.41, 5.74) is 0. The Labute approximate surface area is 75.7 Å². The average molecular weight is 187 g/mol. The van der Waals surface area contributed by atoms with Gasteiger partial charge >= 0.3 is 5.97 Å². The Morgan fingerprint density at radius 3 is 2.15 bits per heavy atom. The number of ether oxygens (including phenoxy) is 1. The van der Waals surface area contributed by atoms with Crippen molar-refractivity contribution in [3.05, 3.63) is 0 Å². The molecule has 0 aliphatic heterocycles. The third-order valence-electron chi connectivity index (χ3n) is 1.50. The highest BCUT2D eigenvalue weighted by atomic mass is 16.5. The smallest absolute Gasteiger partial charge is 0.316 e. The van der Waals surface area contributed by atoms with Crippen molar-refractivity contribution in [2.24, 2.45) is 5.92 Å². The van der Waals surface area contributed by atoms with Crippen LogP contribution in [0.3, 0.4) is 0 Å². The highest BCUT2D eigenvalue weighted by Crippen LogP contribution is 2.06. The Balaban J connectivity index is 4.41. The van der Waals surface area contributed by atoms with E-state index in [9.17, 15) is 19.5 Å². The average Bonchev–Trinajstić information content (AvgIpc) is 2.05. The van der Waals surface area contributed by atoms with Gasteiger partial charge in [-0.1, -0.05) is 6.92 Å². The molecule has 74 valence electrons. The van der Waals surface area contributed by atoms with Crippen LogP contribution in [0.15, 0.2) is 0 Å². The van der Waals surface area contributed by atoms with E-state index in [-0.39, 0.29) is 13.0 Å². The lowest BCUT2D eigenvalue weighted by Gasteiger charge is -2.12. The van der Waals surface area contributed by atoms with Crippen molar-refractivity contribution >= 4 is 17.7 Å². The number of hydrogen-bond donors (Lipinski definition) is 0. The topological polar surface area (TPSA) is 83.5 Å². The quantitative estimate of drug-likeness (QED) is 0.310. The van der Waals surface area contributed by atoms with Crippen molar-refractivity contribution in [3.8, 4) is 0 Å². The molecule has 0 aliphatic rings. The van der Waals surface area contributed by atoms with E-state index < -0.39 is 23.6 Å². The van der Waals surface area contributed by atoms with Crippen molar-refractivity contribution in [3.63, 3.8) is 0 Å². The summed E-state index contributed by atoms with van der Waals surface area (Å²) >= 11 is 0. The van der Waals surface area contributed by atoms with Crippen molar-refractivity contribution in [1.82, 2.24) is 0 Å². The number of hydrogen-bond acceptors (Lipinski definition) is 5. The zero-order valence-corrected chi connectivity index (χ0v) is 7.53. The SMILES string of the molecule is CCOC(=O)C(CC)C(=O)C(=O)[O-]. The summed E-state index contributed by atoms with van der Waals surface area (Å²) in [6.07, 6.45) is 0.103. The molecule has 0 saturated carbocycles. The first kappa shape index (κ1) is 11.6. The van der Waals surface area contributed by atoms with E-state index in [1.54, 1.807) is 6.92 Å². The summed E-state index contributed by atoms with van der Waals surface area (Å²) in [6.45, 7) is 3.23. The van der Waals surface area contributed by atoms with Crippen LogP contribution in [0.1, 0.15) is 20.3 Å². The molecule has 5 heteroatoms. The van der Waals surface area contributed by atoms with Gasteiger partial charge < -0.3 is 14.6 Å². The van der Waals surface area contributed by atoms with Crippen LogP contribution < -0.4 is 5.11 Å². The molecule has 0 saturated heterocycles. The van der Waals surface area contributed by atoms with Crippen molar-refractivity contribution in [2.45, 2.75) is 20.3 Å². The summed E-state index contributed by atoms with van der Waals surface area (Å²) < 4.78 is 4.52. The van der Waals surface area contributed by atoms with Crippen LogP contribution in [0.5, 0.6) is 0 Å². The van der Waals surface area contributed by atoms with Crippen LogP contribution in [-0.4, -0.2) is 24.3 Å². The Bertz CT molecular complexity index is 221. The molecule has 0 radical (unpaired) electrons. The number of carbonyl (C=O) groups excluding carboxylic acids is 3. The maximum Gasteiger partial charge on any atom is 0.316 e. The van der Waals surface area contributed by atoms with Crippen molar-refractivity contribution in [1.29, 1.82) is 0 Å². The molecule has 1 unspecified atom stereocenters. The number of carboxylic acids is 1. The minimum Gasteiger partial charge on any atom is -0.542 e. The molecule has 0 bridgehead atoms. The third kappa shape index (κ3) is 3.23. The molecule has 5 nitrogen and oxygen atoms in total. The van der Waals surface area contributed by atoms with Crippen LogP contribution in [-0.2, 0) is 19.1 Å². The molecule has 0 aromatic rings. The third-order valence-corrected chi connectivity index (χ3v) is 1.50. The predicted octanol–water partition coefficient (Wildman–Crippen LogP) is -1.11. The fraction of sp³-hybridized carbons (Fsp3) is 0.625. The first-order valence-electron chi connectivity index (χ1n) is 3.96. The maximum atomic E-state index is 11.0. The molecule has 0 aromatic heterocycles. The Morgan fingerprint density at radius 2 is 1.85 bits per heavy atom. The lowest BCUT2D eigenvalue weighted by atomic mass is 10.0. The van der Waals surface area contributed by atoms with Gasteiger partial charge in [0.25, 0.3) is 0 Å². The molecule has 0 fully saturated rings. The molecule has 0 aromatic carbocycles. The summed E-state index contributed by atoms with van der Waals surface area (Å²) in [5.74, 6) is -5.11. The van der Waals surface area contributed by atoms with Crippen LogP contribution in [0.25, 0.3) is 0 Å². The van der Waals surface area contributed by atoms with Crippen LogP contribution in [0, 0.1) is 5.92 Å². The second kappa shape index (κ2) is 5.29. The summed E-state index contributed by atoms with van der Waals surface area (Å²) in [7, 11) is 0. The van der Waals surface area contributed by atoms with E-state index in [0.717, 1.165) is 0 Å². The van der Waals surface area contributed by atoms with Gasteiger partial charge in [-0.3, -0.25) is 9.59 Å². The molecule has 0 aliphatic carbocycles. The Hall–Kier alpha value is -1.39. The van der Waals surface area contributed by atoms with Crippen molar-refractivity contribution < 1.29 is 24.2 Å². The lowest BCUT2D eigenvalue weighted by Crippen LogP contribution is -2.39. The van der Waals surface area contributed by atoms with Gasteiger partial charge in [-0.2, -0.15) is 0 Å². The summed E-state index contributed by atoms with van der Waals surface area (Å²) in [6, 6.07) is 0. The van der Waals surface area contributed by atoms with Gasteiger partial charge in [0, 0.05) is 0 Å². The van der Waals surface area contributed by atoms with E-state index in [1.807, 2.05) is 0 Å². The van der Waals surface area contributed by atoms with Gasteiger partial charge in [0.15, 0.2) is 5.78 Å². The predicted molar refractivity (Wildman–Crippen MR) is 40.4 cm³/mol. The molecule has 0 N–H and O–H groups in total. The summed E-state index contributed by atoms with van der Waals surface area (Å²) in [4.78, 5) is 32.0. The van der Waals surface area contributed by atoms with E-state index in [0.29, 0.717) is 0 Å². The molecule has 0 rings (SSSR count). The van der Waals surface area contributed by atoms with Gasteiger partial charge in [0.1, 0.15) is 11.9 Å². The fourth-order valence-corrected chi connectivity index (χ4v) is 0.844. The van der Waals surface area contributed by atoms with Crippen molar-refractivity contribution in [2.75, 3.05) is 6.61 Å². The second-order valence-corrected chi connectivity index (χ2v) is 2.36. The van der Waals surface area contributed by atoms with E-state index >= 15 is 0 Å². The Morgan fingerprint density at radius 1 is 1.31 bits per heavy atom. The van der Waals surface area contributed by atoms with Gasteiger partial charge in [-0.05, 0) is 13.3 Å². The van der Waals surface area contributed by atoms with Crippen LogP contribution in [0.4, 0.5) is 0 Å². The first-order chi connectivity index (χ1) is 6.04. The lowest BCUT2D eigenvalue weighted by molar-refractivity contribution is -0.300. The highest BCUT2D eigenvalue weighted by Gasteiger charge is 2.26. The van der Waals surface area contributed by atoms with Gasteiger partial charge in [-0.25, -0.2) is 0 Å².